The molecule has 0 aromatic rings. The summed E-state index contributed by atoms with van der Waals surface area (Å²) in [6, 6.07) is 0. The molecule has 0 saturated heterocycles. The summed E-state index contributed by atoms with van der Waals surface area (Å²) in [6.45, 7) is 13.4. The first-order chi connectivity index (χ1) is 9.64. The van der Waals surface area contributed by atoms with Gasteiger partial charge in [0.15, 0.2) is 0 Å². The number of unbranched alkanes of at least 4 members (excludes halogenated alkanes) is 3. The second-order valence-electron chi connectivity index (χ2n) is 6.34. The van der Waals surface area contributed by atoms with E-state index in [-0.39, 0.29) is 6.10 Å². The predicted molar refractivity (Wildman–Crippen MR) is 94.7 cm³/mol. The van der Waals surface area contributed by atoms with Crippen molar-refractivity contribution in [3.05, 3.63) is 0 Å². The molecule has 20 heavy (non-hydrogen) atoms. The fourth-order valence-electron chi connectivity index (χ4n) is 2.80. The standard InChI is InChI=1S/C5H10NO.3C4H9.Sn/c1-5(7-3)4-6-2;3*1-3-4-2;/h5H,2-4H2,1H3;3*1,3-4H2,2H3;. The van der Waals surface area contributed by atoms with Crippen LogP contribution in [0.5, 0.6) is 0 Å². The van der Waals surface area contributed by atoms with Crippen molar-refractivity contribution in [2.24, 2.45) is 4.99 Å². The van der Waals surface area contributed by atoms with E-state index in [9.17, 15) is 0 Å². The molecule has 0 rings (SSSR count). The van der Waals surface area contributed by atoms with Gasteiger partial charge in [-0.2, -0.15) is 0 Å². The summed E-state index contributed by atoms with van der Waals surface area (Å²) >= 11 is -2.07. The van der Waals surface area contributed by atoms with Crippen LogP contribution in [0.25, 0.3) is 0 Å². The van der Waals surface area contributed by atoms with Crippen LogP contribution in [0, 0.1) is 0 Å². The van der Waals surface area contributed by atoms with Crippen LogP contribution in [0.3, 0.4) is 0 Å². The van der Waals surface area contributed by atoms with Crippen molar-refractivity contribution in [1.82, 2.24) is 0 Å². The van der Waals surface area contributed by atoms with Crippen LogP contribution in [-0.4, -0.2) is 42.4 Å². The zero-order valence-corrected chi connectivity index (χ0v) is 17.3. The Bertz CT molecular complexity index is 211. The first kappa shape index (κ1) is 20.4. The fraction of sp³-hybridized carbons (Fsp3) is 0.941. The van der Waals surface area contributed by atoms with Gasteiger partial charge in [0.1, 0.15) is 0 Å². The third kappa shape index (κ3) is 9.38. The summed E-state index contributed by atoms with van der Waals surface area (Å²) in [5, 5.41) is 0. The van der Waals surface area contributed by atoms with E-state index in [2.05, 4.69) is 39.4 Å². The van der Waals surface area contributed by atoms with E-state index in [4.69, 9.17) is 4.74 Å². The summed E-state index contributed by atoms with van der Waals surface area (Å²) in [4.78, 5) is 3.97. The molecule has 0 aliphatic heterocycles. The van der Waals surface area contributed by atoms with E-state index in [0.717, 1.165) is 11.2 Å². The van der Waals surface area contributed by atoms with E-state index in [1.807, 2.05) is 0 Å². The van der Waals surface area contributed by atoms with E-state index >= 15 is 0 Å². The van der Waals surface area contributed by atoms with Gasteiger partial charge >= 0.3 is 132 Å². The molecule has 0 N–H and O–H groups in total. The second kappa shape index (κ2) is 13.1. The molecule has 0 fully saturated rings. The Hall–Kier alpha value is 0.429. The molecule has 1 unspecified atom stereocenters. The van der Waals surface area contributed by atoms with Crippen LogP contribution in [0.15, 0.2) is 4.99 Å². The van der Waals surface area contributed by atoms with E-state index in [0.29, 0.717) is 0 Å². The maximum atomic E-state index is 6.20. The Balaban J connectivity index is 4.60. The van der Waals surface area contributed by atoms with Crippen LogP contribution in [0.4, 0.5) is 0 Å². The Morgan fingerprint density at radius 3 is 1.75 bits per heavy atom. The van der Waals surface area contributed by atoms with Gasteiger partial charge in [0.2, 0.25) is 0 Å². The Labute approximate surface area is 131 Å². The number of ether oxygens (including phenoxy) is 1. The molecule has 0 heterocycles. The van der Waals surface area contributed by atoms with Crippen molar-refractivity contribution in [3.8, 4) is 0 Å². The molecule has 1 atom stereocenters. The van der Waals surface area contributed by atoms with Gasteiger partial charge in [0, 0.05) is 0 Å². The van der Waals surface area contributed by atoms with Crippen molar-refractivity contribution in [2.75, 3.05) is 11.2 Å². The van der Waals surface area contributed by atoms with Gasteiger partial charge in [-0.25, -0.2) is 0 Å². The molecule has 0 amide bonds. The molecule has 0 bridgehead atoms. The van der Waals surface area contributed by atoms with Gasteiger partial charge in [-0.3, -0.25) is 0 Å². The molecule has 0 aliphatic rings. The summed E-state index contributed by atoms with van der Waals surface area (Å²) in [5.41, 5.74) is 0. The zero-order chi connectivity index (χ0) is 15.3. The molecule has 0 saturated carbocycles. The normalized spacial score (nSPS) is 13.4. The SMILES string of the molecule is C=NCC(C)O[CH2][Sn]([CH2]CCC)([CH2]CCC)[CH2]CCC. The third-order valence-electron chi connectivity index (χ3n) is 4.24. The minimum absolute atomic E-state index is 0.258. The monoisotopic (exact) mass is 391 g/mol. The van der Waals surface area contributed by atoms with Gasteiger partial charge in [-0.1, -0.05) is 0 Å². The Morgan fingerprint density at radius 2 is 1.40 bits per heavy atom. The van der Waals surface area contributed by atoms with Gasteiger partial charge < -0.3 is 0 Å². The average Bonchev–Trinajstić information content (AvgIpc) is 2.46. The molecule has 0 aromatic carbocycles. The Kier molecular flexibility index (Phi) is 13.4. The fourth-order valence-corrected chi connectivity index (χ4v) is 17.4. The topological polar surface area (TPSA) is 21.6 Å². The molecular formula is C17H37NOSn. The van der Waals surface area contributed by atoms with Crippen molar-refractivity contribution >= 4 is 25.1 Å². The zero-order valence-electron chi connectivity index (χ0n) is 14.4. The predicted octanol–water partition coefficient (Wildman–Crippen LogP) is 5.48. The van der Waals surface area contributed by atoms with Crippen molar-refractivity contribution in [2.45, 2.75) is 85.6 Å². The van der Waals surface area contributed by atoms with Crippen LogP contribution in [0.2, 0.25) is 13.3 Å². The first-order valence-corrected chi connectivity index (χ1v) is 16.8. The average molecular weight is 390 g/mol. The van der Waals surface area contributed by atoms with Crippen LogP contribution >= 0.6 is 0 Å². The molecular weight excluding hydrogens is 353 g/mol. The van der Waals surface area contributed by atoms with E-state index in [1.54, 1.807) is 0 Å². The molecule has 2 nitrogen and oxygen atoms in total. The van der Waals surface area contributed by atoms with Gasteiger partial charge in [-0.15, -0.1) is 0 Å². The quantitative estimate of drug-likeness (QED) is 0.284. The molecule has 0 aliphatic carbocycles. The number of hydrogen-bond acceptors (Lipinski definition) is 2. The van der Waals surface area contributed by atoms with Crippen LogP contribution in [0.1, 0.15) is 66.2 Å². The maximum absolute atomic E-state index is 6.20. The van der Waals surface area contributed by atoms with Gasteiger partial charge in [0.25, 0.3) is 0 Å². The molecule has 3 heteroatoms. The first-order valence-electron chi connectivity index (χ1n) is 8.68. The molecule has 0 spiro atoms. The Morgan fingerprint density at radius 1 is 0.950 bits per heavy atom. The second-order valence-corrected chi connectivity index (χ2v) is 20.0. The minimum atomic E-state index is -2.07. The summed E-state index contributed by atoms with van der Waals surface area (Å²) in [7, 11) is 0. The number of nitrogens with zero attached hydrogens (tertiary/aromatic N) is 1. The van der Waals surface area contributed by atoms with E-state index < -0.39 is 18.4 Å². The molecule has 0 aromatic heterocycles. The van der Waals surface area contributed by atoms with E-state index in [1.165, 1.54) is 51.8 Å². The summed E-state index contributed by atoms with van der Waals surface area (Å²) < 4.78 is 11.9. The van der Waals surface area contributed by atoms with Crippen molar-refractivity contribution in [1.29, 1.82) is 0 Å². The third-order valence-corrected chi connectivity index (χ3v) is 18.6. The number of aliphatic imine (C=N–C) groups is 1. The van der Waals surface area contributed by atoms with Crippen LogP contribution in [-0.2, 0) is 4.74 Å². The van der Waals surface area contributed by atoms with Crippen molar-refractivity contribution < 1.29 is 4.74 Å². The number of hydrogen-bond donors (Lipinski definition) is 0. The molecule has 120 valence electrons. The van der Waals surface area contributed by atoms with Gasteiger partial charge in [0.05, 0.1) is 0 Å². The van der Waals surface area contributed by atoms with Gasteiger partial charge in [-0.05, 0) is 0 Å². The van der Waals surface area contributed by atoms with Crippen molar-refractivity contribution in [3.63, 3.8) is 0 Å². The summed E-state index contributed by atoms with van der Waals surface area (Å²) in [5.74, 6) is 0. The molecule has 0 radical (unpaired) electrons. The number of rotatable bonds is 14. The van der Waals surface area contributed by atoms with Crippen LogP contribution < -0.4 is 0 Å². The summed E-state index contributed by atoms with van der Waals surface area (Å²) in [6.07, 6.45) is 8.51.